The van der Waals surface area contributed by atoms with Gasteiger partial charge in [-0.2, -0.15) is 0 Å². The molecule has 29 heavy (non-hydrogen) atoms. The number of aldehydes is 1. The molecule has 1 amide bonds. The van der Waals surface area contributed by atoms with E-state index < -0.39 is 41.0 Å². The van der Waals surface area contributed by atoms with Gasteiger partial charge in [-0.15, -0.1) is 0 Å². The average Bonchev–Trinajstić information content (AvgIpc) is 2.93. The van der Waals surface area contributed by atoms with Gasteiger partial charge in [0.2, 0.25) is 11.5 Å². The van der Waals surface area contributed by atoms with Crippen LogP contribution in [0.5, 0.6) is 0 Å². The molecule has 1 aliphatic heterocycles. The lowest BCUT2D eigenvalue weighted by atomic mass is 9.81. The fourth-order valence-corrected chi connectivity index (χ4v) is 7.55. The van der Waals surface area contributed by atoms with Crippen LogP contribution in [0.3, 0.4) is 0 Å². The van der Waals surface area contributed by atoms with Crippen LogP contribution < -0.4 is 0 Å². The first-order chi connectivity index (χ1) is 13.3. The molecule has 1 saturated heterocycles. The predicted octanol–water partition coefficient (Wildman–Crippen LogP) is 4.17. The van der Waals surface area contributed by atoms with Crippen LogP contribution in [0.2, 0.25) is 19.6 Å². The number of amides is 1. The van der Waals surface area contributed by atoms with Crippen LogP contribution in [0.25, 0.3) is 0 Å². The van der Waals surface area contributed by atoms with Crippen molar-refractivity contribution >= 4 is 30.3 Å². The lowest BCUT2D eigenvalue weighted by molar-refractivity contribution is -0.146. The van der Waals surface area contributed by atoms with E-state index in [0.29, 0.717) is 10.6 Å². The zero-order chi connectivity index (χ0) is 22.3. The number of halogens is 2. The van der Waals surface area contributed by atoms with Gasteiger partial charge in [-0.25, -0.2) is 21.5 Å². The topological polar surface area (TPSA) is 71.5 Å². The molecule has 1 aromatic rings. The highest BCUT2D eigenvalue weighted by Crippen LogP contribution is 2.55. The Morgan fingerprint density at radius 3 is 2.24 bits per heavy atom. The van der Waals surface area contributed by atoms with Crippen LogP contribution in [0.1, 0.15) is 38.2 Å². The number of hydrogen-bond acceptors (Lipinski definition) is 4. The van der Waals surface area contributed by atoms with E-state index in [1.54, 1.807) is 19.1 Å². The van der Waals surface area contributed by atoms with Crippen LogP contribution in [0.4, 0.5) is 8.78 Å². The maximum atomic E-state index is 15.6. The molecule has 1 heterocycles. The summed E-state index contributed by atoms with van der Waals surface area (Å²) in [6, 6.07) is 4.96. The predicted molar refractivity (Wildman–Crippen MR) is 110 cm³/mol. The molecule has 0 bridgehead atoms. The highest BCUT2D eigenvalue weighted by molar-refractivity contribution is 7.89. The Labute approximate surface area is 172 Å². The Bertz CT molecular complexity index is 881. The zero-order valence-corrected chi connectivity index (χ0v) is 19.4. The standard InChI is InChI=1S/C20H29F2NO4SSi/c1-6-19(20(21,22)29(3,4)5)14-16(8-7-13-24)23(18(19)25)28(26,27)17-11-9-15(2)10-12-17/h9-13,16H,6-8,14H2,1-5H3/t16-,19?/m1/s1. The van der Waals surface area contributed by atoms with E-state index in [9.17, 15) is 18.0 Å². The molecule has 0 aliphatic carbocycles. The van der Waals surface area contributed by atoms with Crippen molar-refractivity contribution in [2.75, 3.05) is 0 Å². The highest BCUT2D eigenvalue weighted by Gasteiger charge is 2.70. The third kappa shape index (κ3) is 3.79. The van der Waals surface area contributed by atoms with Crippen LogP contribution >= 0.6 is 0 Å². The normalized spacial score (nSPS) is 23.5. The summed E-state index contributed by atoms with van der Waals surface area (Å²) in [4.78, 5) is 24.2. The molecular formula is C20H29F2NO4SSi. The van der Waals surface area contributed by atoms with Crippen molar-refractivity contribution in [1.82, 2.24) is 4.31 Å². The van der Waals surface area contributed by atoms with Crippen molar-refractivity contribution in [3.05, 3.63) is 29.8 Å². The molecule has 1 fully saturated rings. The Morgan fingerprint density at radius 2 is 1.79 bits per heavy atom. The zero-order valence-electron chi connectivity index (χ0n) is 17.5. The quantitative estimate of drug-likeness (QED) is 0.445. The molecule has 1 unspecified atom stereocenters. The summed E-state index contributed by atoms with van der Waals surface area (Å²) in [5.74, 6) is -1.05. The van der Waals surface area contributed by atoms with Crippen molar-refractivity contribution in [3.8, 4) is 0 Å². The first-order valence-corrected chi connectivity index (χ1v) is 14.7. The molecule has 162 valence electrons. The number of aryl methyl sites for hydroxylation is 1. The van der Waals surface area contributed by atoms with E-state index in [1.807, 2.05) is 0 Å². The van der Waals surface area contributed by atoms with E-state index in [1.165, 1.54) is 38.7 Å². The molecule has 1 aliphatic rings. The van der Waals surface area contributed by atoms with E-state index >= 15 is 8.78 Å². The van der Waals surface area contributed by atoms with Crippen LogP contribution in [0.15, 0.2) is 29.2 Å². The minimum Gasteiger partial charge on any atom is -0.303 e. The number of alkyl halides is 2. The van der Waals surface area contributed by atoms with Gasteiger partial charge >= 0.3 is 0 Å². The maximum absolute atomic E-state index is 15.6. The van der Waals surface area contributed by atoms with Crippen molar-refractivity contribution in [1.29, 1.82) is 0 Å². The molecule has 0 saturated carbocycles. The summed E-state index contributed by atoms with van der Waals surface area (Å²) >= 11 is 0. The molecule has 9 heteroatoms. The molecule has 2 atom stereocenters. The van der Waals surface area contributed by atoms with Crippen molar-refractivity contribution in [2.45, 2.75) is 75.7 Å². The number of carbonyl (C=O) groups excluding carboxylic acids is 2. The minimum absolute atomic E-state index is 0.00379. The van der Waals surface area contributed by atoms with Gasteiger partial charge in [0.25, 0.3) is 10.0 Å². The van der Waals surface area contributed by atoms with Gasteiger partial charge in [0.05, 0.1) is 4.90 Å². The van der Waals surface area contributed by atoms with Crippen LogP contribution in [-0.4, -0.2) is 44.6 Å². The van der Waals surface area contributed by atoms with E-state index in [0.717, 1.165) is 5.56 Å². The molecule has 5 nitrogen and oxygen atoms in total. The summed E-state index contributed by atoms with van der Waals surface area (Å²) in [6.45, 7) is 7.74. The Hall–Kier alpha value is -1.61. The van der Waals surface area contributed by atoms with E-state index in [2.05, 4.69) is 0 Å². The number of rotatable bonds is 8. The first-order valence-electron chi connectivity index (χ1n) is 9.73. The Balaban J connectivity index is 2.64. The molecule has 0 aromatic heterocycles. The molecule has 0 spiro atoms. The lowest BCUT2D eigenvalue weighted by Gasteiger charge is -2.41. The second-order valence-electron chi connectivity index (χ2n) is 8.78. The maximum Gasteiger partial charge on any atom is 0.266 e. The number of sulfonamides is 1. The van der Waals surface area contributed by atoms with Gasteiger partial charge in [0, 0.05) is 12.5 Å². The van der Waals surface area contributed by atoms with Crippen molar-refractivity contribution in [3.63, 3.8) is 0 Å². The van der Waals surface area contributed by atoms with Gasteiger partial charge in [-0.1, -0.05) is 44.3 Å². The van der Waals surface area contributed by atoms with Gasteiger partial charge in [0.15, 0.2) is 0 Å². The fraction of sp³-hybridized carbons (Fsp3) is 0.600. The van der Waals surface area contributed by atoms with E-state index in [-0.39, 0.29) is 30.6 Å². The summed E-state index contributed by atoms with van der Waals surface area (Å²) in [5.41, 5.74) is -4.55. The number of benzene rings is 1. The Morgan fingerprint density at radius 1 is 1.24 bits per heavy atom. The van der Waals surface area contributed by atoms with Gasteiger partial charge in [0.1, 0.15) is 19.8 Å². The minimum atomic E-state index is -4.32. The summed E-state index contributed by atoms with van der Waals surface area (Å²) < 4.78 is 58.4. The molecule has 0 N–H and O–H groups in total. The highest BCUT2D eigenvalue weighted by atomic mass is 32.2. The third-order valence-electron chi connectivity index (χ3n) is 5.87. The molecular weight excluding hydrogens is 416 g/mol. The van der Waals surface area contributed by atoms with Crippen LogP contribution in [-0.2, 0) is 19.6 Å². The number of nitrogens with zero attached hydrogens (tertiary/aromatic N) is 1. The van der Waals surface area contributed by atoms with Crippen LogP contribution in [0, 0.1) is 12.3 Å². The van der Waals surface area contributed by atoms with Crippen molar-refractivity contribution in [2.24, 2.45) is 5.41 Å². The SMILES string of the molecule is CCC1(C(F)(F)[Si](C)(C)C)C[C@@H](CCC=O)N(S(=O)(=O)c2ccc(C)cc2)C1=O. The summed E-state index contributed by atoms with van der Waals surface area (Å²) in [5, 5.41) is 0. The summed E-state index contributed by atoms with van der Waals surface area (Å²) in [6.07, 6.45) is 0.197. The molecule has 2 rings (SSSR count). The monoisotopic (exact) mass is 445 g/mol. The lowest BCUT2D eigenvalue weighted by Crippen LogP contribution is -2.60. The van der Waals surface area contributed by atoms with Gasteiger partial charge < -0.3 is 4.79 Å². The number of hydrogen-bond donors (Lipinski definition) is 0. The average molecular weight is 446 g/mol. The third-order valence-corrected chi connectivity index (χ3v) is 10.1. The van der Waals surface area contributed by atoms with Crippen molar-refractivity contribution < 1.29 is 26.8 Å². The van der Waals surface area contributed by atoms with Gasteiger partial charge in [-0.05, 0) is 38.3 Å². The second-order valence-corrected chi connectivity index (χ2v) is 15.7. The summed E-state index contributed by atoms with van der Waals surface area (Å²) in [7, 11) is -7.49. The second kappa shape index (κ2) is 7.90. The molecule has 1 aromatic carbocycles. The first kappa shape index (κ1) is 23.7. The fourth-order valence-electron chi connectivity index (χ4n) is 4.06. The molecule has 0 radical (unpaired) electrons. The van der Waals surface area contributed by atoms with E-state index in [4.69, 9.17) is 0 Å². The number of carbonyl (C=O) groups is 2. The largest absolute Gasteiger partial charge is 0.303 e. The van der Waals surface area contributed by atoms with Gasteiger partial charge in [-0.3, -0.25) is 4.79 Å². The Kier molecular flexibility index (Phi) is 6.45. The smallest absolute Gasteiger partial charge is 0.266 e.